The van der Waals surface area contributed by atoms with Crippen LogP contribution in [0.4, 0.5) is 0 Å². The summed E-state index contributed by atoms with van der Waals surface area (Å²) in [5.74, 6) is -0.727. The van der Waals surface area contributed by atoms with Gasteiger partial charge in [-0.05, 0) is 23.0 Å². The molecule has 0 spiro atoms. The molecule has 0 fully saturated rings. The van der Waals surface area contributed by atoms with Crippen molar-refractivity contribution >= 4 is 44.7 Å². The zero-order chi connectivity index (χ0) is 20.7. The second-order valence-corrected chi connectivity index (χ2v) is 8.58. The Hall–Kier alpha value is -1.64. The molecule has 2 rings (SSSR count). The number of benzene rings is 1. The first-order chi connectivity index (χ1) is 13.4. The summed E-state index contributed by atoms with van der Waals surface area (Å²) in [6.45, 7) is 3.89. The van der Waals surface area contributed by atoms with Crippen LogP contribution in [0, 0.1) is 0 Å². The van der Waals surface area contributed by atoms with Crippen LogP contribution < -0.4 is 0 Å². The Morgan fingerprint density at radius 1 is 1.29 bits per heavy atom. The number of carbonyl (C=O) groups is 3. The van der Waals surface area contributed by atoms with Gasteiger partial charge < -0.3 is 9.47 Å². The fourth-order valence-electron chi connectivity index (χ4n) is 3.11. The SMILES string of the molecule is CCOC(=O)CC1=C(SC(C)=O)CC(Br)N([C@H](C(=O)OC)c2ccccc2)C1. The van der Waals surface area contributed by atoms with Gasteiger partial charge in [0.05, 0.1) is 25.1 Å². The number of ether oxygens (including phenoxy) is 2. The lowest BCUT2D eigenvalue weighted by Gasteiger charge is -2.39. The molecule has 0 aliphatic carbocycles. The maximum atomic E-state index is 12.6. The number of halogens is 1. The second kappa shape index (κ2) is 10.8. The van der Waals surface area contributed by atoms with Crippen LogP contribution in [0.25, 0.3) is 0 Å². The molecule has 6 nitrogen and oxygen atoms in total. The van der Waals surface area contributed by atoms with Crippen molar-refractivity contribution < 1.29 is 23.9 Å². The molecule has 0 saturated heterocycles. The Morgan fingerprint density at radius 2 is 1.96 bits per heavy atom. The molecule has 1 aromatic rings. The zero-order valence-corrected chi connectivity index (χ0v) is 18.5. The first kappa shape index (κ1) is 22.6. The van der Waals surface area contributed by atoms with Gasteiger partial charge in [0.15, 0.2) is 5.12 Å². The summed E-state index contributed by atoms with van der Waals surface area (Å²) >= 11 is 4.78. The number of esters is 2. The van der Waals surface area contributed by atoms with Crippen molar-refractivity contribution in [3.63, 3.8) is 0 Å². The standard InChI is InChI=1S/C20H24BrNO5S/c1-4-27-18(24)10-15-12-22(17(21)11-16(15)28-13(2)23)19(20(25)26-3)14-8-6-5-7-9-14/h5-9,17,19H,4,10-12H2,1-3H3/t17?,19-/m0/s1. The molecule has 0 saturated carbocycles. The Kier molecular flexibility index (Phi) is 8.72. The molecule has 2 atom stereocenters. The molecule has 1 aromatic carbocycles. The number of nitrogens with zero attached hydrogens (tertiary/aromatic N) is 1. The summed E-state index contributed by atoms with van der Waals surface area (Å²) in [6.07, 6.45) is 0.585. The third-order valence-corrected chi connectivity index (χ3v) is 6.12. The molecular weight excluding hydrogens is 446 g/mol. The molecule has 1 aliphatic rings. The van der Waals surface area contributed by atoms with Crippen LogP contribution in [-0.4, -0.2) is 47.2 Å². The maximum Gasteiger partial charge on any atom is 0.327 e. The fraction of sp³-hybridized carbons (Fsp3) is 0.450. The van der Waals surface area contributed by atoms with Crippen LogP contribution in [0.1, 0.15) is 38.3 Å². The largest absolute Gasteiger partial charge is 0.468 e. The van der Waals surface area contributed by atoms with Crippen molar-refractivity contribution in [1.29, 1.82) is 0 Å². The molecule has 152 valence electrons. The van der Waals surface area contributed by atoms with Crippen molar-refractivity contribution in [1.82, 2.24) is 4.90 Å². The molecular formula is C20H24BrNO5S. The predicted octanol–water partition coefficient (Wildman–Crippen LogP) is 3.81. The minimum Gasteiger partial charge on any atom is -0.468 e. The zero-order valence-electron chi connectivity index (χ0n) is 16.1. The minimum absolute atomic E-state index is 0.0444. The lowest BCUT2D eigenvalue weighted by Crippen LogP contribution is -2.43. The average Bonchev–Trinajstić information content (AvgIpc) is 2.65. The fourth-order valence-corrected chi connectivity index (χ4v) is 4.90. The van der Waals surface area contributed by atoms with E-state index in [9.17, 15) is 14.4 Å². The van der Waals surface area contributed by atoms with E-state index in [0.29, 0.717) is 19.6 Å². The van der Waals surface area contributed by atoms with Crippen LogP contribution in [0.5, 0.6) is 0 Å². The minimum atomic E-state index is -0.628. The number of methoxy groups -OCH3 is 1. The van der Waals surface area contributed by atoms with E-state index in [2.05, 4.69) is 15.9 Å². The number of carbonyl (C=O) groups excluding carboxylic acids is 3. The van der Waals surface area contributed by atoms with E-state index in [1.54, 1.807) is 6.92 Å². The van der Waals surface area contributed by atoms with E-state index in [4.69, 9.17) is 9.47 Å². The van der Waals surface area contributed by atoms with Gasteiger partial charge in [-0.25, -0.2) is 4.79 Å². The van der Waals surface area contributed by atoms with Crippen LogP contribution in [0.3, 0.4) is 0 Å². The lowest BCUT2D eigenvalue weighted by atomic mass is 10.00. The smallest absolute Gasteiger partial charge is 0.327 e. The van der Waals surface area contributed by atoms with E-state index >= 15 is 0 Å². The highest BCUT2D eigenvalue weighted by Gasteiger charge is 2.37. The van der Waals surface area contributed by atoms with Crippen molar-refractivity contribution in [2.24, 2.45) is 0 Å². The van der Waals surface area contributed by atoms with Gasteiger partial charge in [0.25, 0.3) is 0 Å². The maximum absolute atomic E-state index is 12.6. The summed E-state index contributed by atoms with van der Waals surface area (Å²) in [5.41, 5.74) is 1.59. The van der Waals surface area contributed by atoms with Crippen LogP contribution in [0.15, 0.2) is 40.8 Å². The van der Waals surface area contributed by atoms with E-state index in [0.717, 1.165) is 27.8 Å². The summed E-state index contributed by atoms with van der Waals surface area (Å²) in [5, 5.41) is -0.0444. The molecule has 0 radical (unpaired) electrons. The summed E-state index contributed by atoms with van der Waals surface area (Å²) in [4.78, 5) is 39.0. The highest BCUT2D eigenvalue weighted by atomic mass is 79.9. The van der Waals surface area contributed by atoms with Gasteiger partial charge in [0, 0.05) is 19.9 Å². The van der Waals surface area contributed by atoms with Crippen LogP contribution in [-0.2, 0) is 23.9 Å². The third kappa shape index (κ3) is 5.93. The average molecular weight is 470 g/mol. The van der Waals surface area contributed by atoms with Gasteiger partial charge in [-0.1, -0.05) is 58.0 Å². The van der Waals surface area contributed by atoms with Crippen molar-refractivity contribution in [2.45, 2.75) is 37.7 Å². The number of hydrogen-bond acceptors (Lipinski definition) is 7. The summed E-state index contributed by atoms with van der Waals surface area (Å²) in [6, 6.07) is 8.73. The molecule has 28 heavy (non-hydrogen) atoms. The molecule has 8 heteroatoms. The Balaban J connectivity index is 2.38. The van der Waals surface area contributed by atoms with Gasteiger partial charge in [0.2, 0.25) is 0 Å². The number of rotatable bonds is 7. The lowest BCUT2D eigenvalue weighted by molar-refractivity contribution is -0.147. The van der Waals surface area contributed by atoms with Gasteiger partial charge in [-0.3, -0.25) is 14.5 Å². The topological polar surface area (TPSA) is 72.9 Å². The summed E-state index contributed by atoms with van der Waals surface area (Å²) < 4.78 is 10.1. The Bertz CT molecular complexity index is 752. The van der Waals surface area contributed by atoms with E-state index in [1.807, 2.05) is 35.2 Å². The Labute approximate surface area is 177 Å². The van der Waals surface area contributed by atoms with Gasteiger partial charge >= 0.3 is 11.9 Å². The number of alkyl halides is 1. The van der Waals surface area contributed by atoms with Crippen molar-refractivity contribution in [3.8, 4) is 0 Å². The molecule has 1 aliphatic heterocycles. The monoisotopic (exact) mass is 469 g/mol. The molecule has 1 unspecified atom stereocenters. The second-order valence-electron chi connectivity index (χ2n) is 6.25. The van der Waals surface area contributed by atoms with Crippen LogP contribution >= 0.6 is 27.7 Å². The Morgan fingerprint density at radius 3 is 2.54 bits per heavy atom. The normalized spacial score (nSPS) is 18.5. The highest BCUT2D eigenvalue weighted by Crippen LogP contribution is 2.40. The van der Waals surface area contributed by atoms with Gasteiger partial charge in [0.1, 0.15) is 6.04 Å². The molecule has 0 N–H and O–H groups in total. The van der Waals surface area contributed by atoms with Gasteiger partial charge in [-0.15, -0.1) is 0 Å². The van der Waals surface area contributed by atoms with E-state index in [-0.39, 0.29) is 28.4 Å². The number of thioether (sulfide) groups is 1. The van der Waals surface area contributed by atoms with Crippen molar-refractivity contribution in [3.05, 3.63) is 46.4 Å². The predicted molar refractivity (Wildman–Crippen MR) is 112 cm³/mol. The first-order valence-electron chi connectivity index (χ1n) is 8.94. The molecule has 0 bridgehead atoms. The van der Waals surface area contributed by atoms with Gasteiger partial charge in [-0.2, -0.15) is 0 Å². The van der Waals surface area contributed by atoms with Crippen molar-refractivity contribution in [2.75, 3.05) is 20.3 Å². The molecule has 0 amide bonds. The number of hydrogen-bond donors (Lipinski definition) is 0. The van der Waals surface area contributed by atoms with E-state index in [1.165, 1.54) is 14.0 Å². The molecule has 1 heterocycles. The van der Waals surface area contributed by atoms with E-state index < -0.39 is 6.04 Å². The third-order valence-electron chi connectivity index (χ3n) is 4.28. The quantitative estimate of drug-likeness (QED) is 0.341. The van der Waals surface area contributed by atoms with Crippen LogP contribution in [0.2, 0.25) is 0 Å². The highest BCUT2D eigenvalue weighted by molar-refractivity contribution is 9.09. The summed E-state index contributed by atoms with van der Waals surface area (Å²) in [7, 11) is 1.36. The molecule has 0 aromatic heterocycles. The first-order valence-corrected chi connectivity index (χ1v) is 10.7.